The highest BCUT2D eigenvalue weighted by molar-refractivity contribution is 6.34. The molecular formula is C14H13ClFN3O. The molecule has 0 radical (unpaired) electrons. The summed E-state index contributed by atoms with van der Waals surface area (Å²) in [4.78, 5) is 19.8. The number of rotatable bonds is 4. The van der Waals surface area contributed by atoms with Crippen LogP contribution in [-0.4, -0.2) is 15.8 Å². The molecule has 0 aliphatic rings. The third kappa shape index (κ3) is 2.69. The number of ketones is 1. The van der Waals surface area contributed by atoms with Crippen molar-refractivity contribution < 1.29 is 9.18 Å². The molecule has 0 aliphatic heterocycles. The van der Waals surface area contributed by atoms with Crippen molar-refractivity contribution in [2.45, 2.75) is 19.4 Å². The Morgan fingerprint density at radius 1 is 1.45 bits per heavy atom. The Kier molecular flexibility index (Phi) is 4.42. The summed E-state index contributed by atoms with van der Waals surface area (Å²) in [6.45, 7) is 1.84. The van der Waals surface area contributed by atoms with Crippen LogP contribution in [0.25, 0.3) is 0 Å². The summed E-state index contributed by atoms with van der Waals surface area (Å²) in [6.07, 6.45) is 3.19. The fourth-order valence-corrected chi connectivity index (χ4v) is 2.07. The lowest BCUT2D eigenvalue weighted by molar-refractivity contribution is 0.103. The SMILES string of the molecule is CC[C@@H](N)c1ccc(Cl)c(C(=O)c2ccncn2)c1F. The average Bonchev–Trinajstić information content (AvgIpc) is 2.47. The van der Waals surface area contributed by atoms with Gasteiger partial charge in [0.15, 0.2) is 0 Å². The van der Waals surface area contributed by atoms with Gasteiger partial charge in [0.05, 0.1) is 10.6 Å². The smallest absolute Gasteiger partial charge is 0.215 e. The molecule has 0 unspecified atom stereocenters. The topological polar surface area (TPSA) is 68.9 Å². The van der Waals surface area contributed by atoms with Gasteiger partial charge in [0, 0.05) is 17.8 Å². The number of benzene rings is 1. The zero-order valence-corrected chi connectivity index (χ0v) is 11.6. The van der Waals surface area contributed by atoms with Gasteiger partial charge in [-0.3, -0.25) is 4.79 Å². The second kappa shape index (κ2) is 6.07. The Balaban J connectivity index is 2.54. The minimum atomic E-state index is -0.685. The number of hydrogen-bond acceptors (Lipinski definition) is 4. The standard InChI is InChI=1S/C14H13ClFN3O/c1-2-10(17)8-3-4-9(15)12(13(8)16)14(20)11-5-6-18-7-19-11/h3-7,10H,2,17H2,1H3/t10-/m1/s1. The van der Waals surface area contributed by atoms with E-state index in [1.54, 1.807) is 0 Å². The Morgan fingerprint density at radius 2 is 2.20 bits per heavy atom. The molecule has 1 aromatic carbocycles. The van der Waals surface area contributed by atoms with Crippen molar-refractivity contribution in [2.24, 2.45) is 5.73 Å². The van der Waals surface area contributed by atoms with Gasteiger partial charge in [0.25, 0.3) is 0 Å². The summed E-state index contributed by atoms with van der Waals surface area (Å²) in [6, 6.07) is 3.90. The molecule has 1 aromatic heterocycles. The van der Waals surface area contributed by atoms with Gasteiger partial charge >= 0.3 is 0 Å². The lowest BCUT2D eigenvalue weighted by Crippen LogP contribution is -2.15. The normalized spacial score (nSPS) is 12.2. The van der Waals surface area contributed by atoms with Gasteiger partial charge in [-0.2, -0.15) is 0 Å². The van der Waals surface area contributed by atoms with Crippen molar-refractivity contribution >= 4 is 17.4 Å². The highest BCUT2D eigenvalue weighted by Gasteiger charge is 2.23. The summed E-state index contributed by atoms with van der Waals surface area (Å²) in [5, 5.41) is 0.0400. The van der Waals surface area contributed by atoms with Crippen LogP contribution < -0.4 is 5.73 Å². The van der Waals surface area contributed by atoms with E-state index >= 15 is 0 Å². The Hall–Kier alpha value is -1.85. The van der Waals surface area contributed by atoms with Gasteiger partial charge in [-0.1, -0.05) is 24.6 Å². The summed E-state index contributed by atoms with van der Waals surface area (Å²) >= 11 is 5.95. The molecule has 1 heterocycles. The number of aromatic nitrogens is 2. The lowest BCUT2D eigenvalue weighted by Gasteiger charge is -2.13. The molecule has 0 saturated heterocycles. The van der Waals surface area contributed by atoms with E-state index in [0.717, 1.165) is 0 Å². The van der Waals surface area contributed by atoms with E-state index in [1.165, 1.54) is 30.7 Å². The third-order valence-corrected chi connectivity index (χ3v) is 3.32. The van der Waals surface area contributed by atoms with Gasteiger partial charge < -0.3 is 5.73 Å². The fraction of sp³-hybridized carbons (Fsp3) is 0.214. The zero-order chi connectivity index (χ0) is 14.7. The monoisotopic (exact) mass is 293 g/mol. The maximum atomic E-state index is 14.5. The van der Waals surface area contributed by atoms with Crippen LogP contribution in [0.3, 0.4) is 0 Å². The Labute approximate surface area is 120 Å². The quantitative estimate of drug-likeness (QED) is 0.880. The van der Waals surface area contributed by atoms with E-state index < -0.39 is 17.6 Å². The van der Waals surface area contributed by atoms with E-state index in [1.807, 2.05) is 6.92 Å². The molecular weight excluding hydrogens is 281 g/mol. The summed E-state index contributed by atoms with van der Waals surface area (Å²) in [5.41, 5.74) is 5.99. The summed E-state index contributed by atoms with van der Waals surface area (Å²) < 4.78 is 14.5. The summed E-state index contributed by atoms with van der Waals surface area (Å²) in [5.74, 6) is -1.27. The van der Waals surface area contributed by atoms with Crippen LogP contribution >= 0.6 is 11.6 Å². The van der Waals surface area contributed by atoms with Crippen molar-refractivity contribution in [3.63, 3.8) is 0 Å². The van der Waals surface area contributed by atoms with Crippen LogP contribution in [0.4, 0.5) is 4.39 Å². The molecule has 2 rings (SSSR count). The van der Waals surface area contributed by atoms with Crippen LogP contribution in [0.15, 0.2) is 30.7 Å². The molecule has 0 spiro atoms. The third-order valence-electron chi connectivity index (χ3n) is 3.00. The highest BCUT2D eigenvalue weighted by Crippen LogP contribution is 2.28. The molecule has 0 aliphatic carbocycles. The molecule has 1 atom stereocenters. The van der Waals surface area contributed by atoms with Gasteiger partial charge in [-0.05, 0) is 18.6 Å². The minimum Gasteiger partial charge on any atom is -0.324 e. The van der Waals surface area contributed by atoms with Gasteiger partial charge in [-0.15, -0.1) is 0 Å². The molecule has 6 heteroatoms. The number of hydrogen-bond donors (Lipinski definition) is 1. The van der Waals surface area contributed by atoms with E-state index in [4.69, 9.17) is 17.3 Å². The first-order valence-corrected chi connectivity index (χ1v) is 6.48. The van der Waals surface area contributed by atoms with Crippen LogP contribution in [0.1, 0.15) is 41.0 Å². The van der Waals surface area contributed by atoms with E-state index in [-0.39, 0.29) is 21.8 Å². The van der Waals surface area contributed by atoms with Gasteiger partial charge in [-0.25, -0.2) is 14.4 Å². The van der Waals surface area contributed by atoms with Crippen LogP contribution in [0.5, 0.6) is 0 Å². The van der Waals surface area contributed by atoms with Crippen LogP contribution in [0, 0.1) is 5.82 Å². The minimum absolute atomic E-state index is 0.0400. The number of nitrogens with two attached hydrogens (primary N) is 1. The molecule has 2 aromatic rings. The van der Waals surface area contributed by atoms with Crippen LogP contribution in [-0.2, 0) is 0 Å². The van der Waals surface area contributed by atoms with E-state index in [9.17, 15) is 9.18 Å². The average molecular weight is 294 g/mol. The number of halogens is 2. The molecule has 0 saturated carbocycles. The van der Waals surface area contributed by atoms with Crippen molar-refractivity contribution in [2.75, 3.05) is 0 Å². The molecule has 104 valence electrons. The second-order valence-electron chi connectivity index (χ2n) is 4.26. The van der Waals surface area contributed by atoms with Gasteiger partial charge in [0.1, 0.15) is 17.8 Å². The van der Waals surface area contributed by atoms with Crippen LogP contribution in [0.2, 0.25) is 5.02 Å². The van der Waals surface area contributed by atoms with Gasteiger partial charge in [0.2, 0.25) is 5.78 Å². The Morgan fingerprint density at radius 3 is 2.80 bits per heavy atom. The zero-order valence-electron chi connectivity index (χ0n) is 10.8. The second-order valence-corrected chi connectivity index (χ2v) is 4.67. The molecule has 4 nitrogen and oxygen atoms in total. The van der Waals surface area contributed by atoms with Crippen molar-refractivity contribution in [1.82, 2.24) is 9.97 Å². The molecule has 2 N–H and O–H groups in total. The first-order valence-electron chi connectivity index (χ1n) is 6.10. The number of nitrogens with zero attached hydrogens (tertiary/aromatic N) is 2. The van der Waals surface area contributed by atoms with Crippen molar-refractivity contribution in [1.29, 1.82) is 0 Å². The molecule has 0 bridgehead atoms. The number of carbonyl (C=O) groups is 1. The largest absolute Gasteiger partial charge is 0.324 e. The highest BCUT2D eigenvalue weighted by atomic mass is 35.5. The predicted molar refractivity (Wildman–Crippen MR) is 74.1 cm³/mol. The first-order chi connectivity index (χ1) is 9.56. The maximum Gasteiger partial charge on any atom is 0.215 e. The maximum absolute atomic E-state index is 14.5. The first kappa shape index (κ1) is 14.6. The van der Waals surface area contributed by atoms with E-state index in [0.29, 0.717) is 6.42 Å². The fourth-order valence-electron chi connectivity index (χ4n) is 1.84. The van der Waals surface area contributed by atoms with Crippen molar-refractivity contribution in [3.05, 3.63) is 58.4 Å². The molecule has 20 heavy (non-hydrogen) atoms. The van der Waals surface area contributed by atoms with Crippen molar-refractivity contribution in [3.8, 4) is 0 Å². The number of carbonyl (C=O) groups excluding carboxylic acids is 1. The Bertz CT molecular complexity index is 634. The lowest BCUT2D eigenvalue weighted by atomic mass is 9.98. The molecule has 0 amide bonds. The van der Waals surface area contributed by atoms with E-state index in [2.05, 4.69) is 9.97 Å². The summed E-state index contributed by atoms with van der Waals surface area (Å²) in [7, 11) is 0. The predicted octanol–water partition coefficient (Wildman–Crippen LogP) is 2.91. The molecule has 0 fully saturated rings.